The number of benzene rings is 2. The molecule has 3 rings (SSSR count). The van der Waals surface area contributed by atoms with Gasteiger partial charge in [0.2, 0.25) is 5.91 Å². The minimum Gasteiger partial charge on any atom is -0.497 e. The molecule has 0 aliphatic carbocycles. The Hall–Kier alpha value is -2.80. The maximum Gasteiger partial charge on any atom is 0.233 e. The number of carbonyl (C=O) groups excluding carboxylic acids is 1. The molecule has 0 aliphatic heterocycles. The molecule has 0 saturated heterocycles. The molecule has 0 unspecified atom stereocenters. The summed E-state index contributed by atoms with van der Waals surface area (Å²) in [6.07, 6.45) is 0. The third-order valence-electron chi connectivity index (χ3n) is 4.46. The highest BCUT2D eigenvalue weighted by Crippen LogP contribution is 2.24. The van der Waals surface area contributed by atoms with E-state index in [0.29, 0.717) is 18.8 Å². The molecule has 0 aliphatic rings. The van der Waals surface area contributed by atoms with Gasteiger partial charge in [-0.15, -0.1) is 10.2 Å². The Morgan fingerprint density at radius 1 is 1.11 bits per heavy atom. The lowest BCUT2D eigenvalue weighted by molar-refractivity contribution is -0.128. The second kappa shape index (κ2) is 9.41. The van der Waals surface area contributed by atoms with Gasteiger partial charge >= 0.3 is 0 Å². The summed E-state index contributed by atoms with van der Waals surface area (Å²) < 4.78 is 7.10. The van der Waals surface area contributed by atoms with Gasteiger partial charge in [0, 0.05) is 25.7 Å². The zero-order chi connectivity index (χ0) is 19.9. The highest BCUT2D eigenvalue weighted by Gasteiger charge is 2.16. The van der Waals surface area contributed by atoms with Crippen molar-refractivity contribution in [1.29, 1.82) is 0 Å². The zero-order valence-corrected chi connectivity index (χ0v) is 17.1. The molecule has 3 aromatic rings. The van der Waals surface area contributed by atoms with Crippen molar-refractivity contribution in [3.8, 4) is 17.1 Å². The number of hydrogen-bond acceptors (Lipinski definition) is 5. The van der Waals surface area contributed by atoms with Crippen molar-refractivity contribution in [2.24, 2.45) is 7.05 Å². The summed E-state index contributed by atoms with van der Waals surface area (Å²) in [4.78, 5) is 14.5. The van der Waals surface area contributed by atoms with Crippen LogP contribution in [0, 0.1) is 0 Å². The summed E-state index contributed by atoms with van der Waals surface area (Å²) in [6, 6.07) is 17.7. The third kappa shape index (κ3) is 4.72. The predicted molar refractivity (Wildman–Crippen MR) is 111 cm³/mol. The van der Waals surface area contributed by atoms with E-state index < -0.39 is 0 Å². The van der Waals surface area contributed by atoms with E-state index in [1.54, 1.807) is 7.11 Å². The van der Waals surface area contributed by atoms with Gasteiger partial charge in [0.1, 0.15) is 5.75 Å². The van der Waals surface area contributed by atoms with Gasteiger partial charge in [-0.05, 0) is 36.8 Å². The van der Waals surface area contributed by atoms with Crippen LogP contribution in [0.25, 0.3) is 11.4 Å². The van der Waals surface area contributed by atoms with Crippen molar-refractivity contribution in [3.63, 3.8) is 0 Å². The Balaban J connectivity index is 1.63. The molecule has 1 heterocycles. The lowest BCUT2D eigenvalue weighted by Gasteiger charge is -2.20. The van der Waals surface area contributed by atoms with E-state index in [9.17, 15) is 4.79 Å². The fraction of sp³-hybridized carbons (Fsp3) is 0.286. The van der Waals surface area contributed by atoms with Crippen molar-refractivity contribution >= 4 is 17.7 Å². The molecule has 0 saturated carbocycles. The third-order valence-corrected chi connectivity index (χ3v) is 5.46. The van der Waals surface area contributed by atoms with Gasteiger partial charge in [0.25, 0.3) is 0 Å². The van der Waals surface area contributed by atoms with Gasteiger partial charge in [-0.1, -0.05) is 42.1 Å². The average molecular weight is 397 g/mol. The number of methoxy groups -OCH3 is 1. The van der Waals surface area contributed by atoms with Crippen molar-refractivity contribution in [2.75, 3.05) is 19.4 Å². The number of aromatic nitrogens is 3. The molecule has 0 radical (unpaired) electrons. The summed E-state index contributed by atoms with van der Waals surface area (Å²) >= 11 is 1.41. The molecule has 6 nitrogen and oxygen atoms in total. The van der Waals surface area contributed by atoms with Crippen LogP contribution in [0.5, 0.6) is 5.75 Å². The highest BCUT2D eigenvalue weighted by molar-refractivity contribution is 7.99. The Morgan fingerprint density at radius 2 is 1.82 bits per heavy atom. The molecule has 1 aromatic heterocycles. The number of rotatable bonds is 8. The van der Waals surface area contributed by atoms with Crippen LogP contribution in [0.4, 0.5) is 0 Å². The number of thioether (sulfide) groups is 1. The minimum absolute atomic E-state index is 0.0883. The van der Waals surface area contributed by atoms with Gasteiger partial charge in [-0.2, -0.15) is 0 Å². The van der Waals surface area contributed by atoms with Crippen LogP contribution in [0.2, 0.25) is 0 Å². The maximum absolute atomic E-state index is 12.6. The minimum atomic E-state index is 0.0883. The molecular weight excluding hydrogens is 372 g/mol. The molecule has 7 heteroatoms. The molecule has 1 amide bonds. The second-order valence-corrected chi connectivity index (χ2v) is 7.22. The maximum atomic E-state index is 12.6. The van der Waals surface area contributed by atoms with Gasteiger partial charge in [-0.25, -0.2) is 0 Å². The van der Waals surface area contributed by atoms with Crippen LogP contribution < -0.4 is 4.74 Å². The molecule has 0 N–H and O–H groups in total. The van der Waals surface area contributed by atoms with E-state index >= 15 is 0 Å². The lowest BCUT2D eigenvalue weighted by atomic mass is 10.2. The van der Waals surface area contributed by atoms with Gasteiger partial charge in [-0.3, -0.25) is 4.79 Å². The summed E-state index contributed by atoms with van der Waals surface area (Å²) in [7, 11) is 3.55. The van der Waals surface area contributed by atoms with Gasteiger partial charge in [0.05, 0.1) is 12.9 Å². The standard InChI is InChI=1S/C21H24N4O2S/c1-4-25(14-16-8-6-5-7-9-16)19(26)15-28-21-23-22-20(24(21)2)17-10-12-18(27-3)13-11-17/h5-13H,4,14-15H2,1-3H3. The van der Waals surface area contributed by atoms with Crippen molar-refractivity contribution in [3.05, 3.63) is 60.2 Å². The zero-order valence-electron chi connectivity index (χ0n) is 16.3. The molecule has 28 heavy (non-hydrogen) atoms. The quantitative estimate of drug-likeness (QED) is 0.544. The van der Waals surface area contributed by atoms with Crippen LogP contribution in [-0.4, -0.2) is 45.0 Å². The molecule has 146 valence electrons. The molecule has 0 spiro atoms. The van der Waals surface area contributed by atoms with Crippen molar-refractivity contribution < 1.29 is 9.53 Å². The van der Waals surface area contributed by atoms with Gasteiger partial charge < -0.3 is 14.2 Å². The molecule has 0 atom stereocenters. The topological polar surface area (TPSA) is 60.3 Å². The number of ether oxygens (including phenoxy) is 1. The van der Waals surface area contributed by atoms with Crippen LogP contribution in [0.3, 0.4) is 0 Å². The average Bonchev–Trinajstić information content (AvgIpc) is 3.11. The number of carbonyl (C=O) groups is 1. The molecular formula is C21H24N4O2S. The fourth-order valence-corrected chi connectivity index (χ4v) is 3.64. The first-order chi connectivity index (χ1) is 13.6. The predicted octanol–water partition coefficient (Wildman–Crippen LogP) is 3.63. The molecule has 0 fully saturated rings. The van der Waals surface area contributed by atoms with E-state index in [1.807, 2.05) is 78.0 Å². The normalized spacial score (nSPS) is 10.7. The Bertz CT molecular complexity index is 910. The SMILES string of the molecule is CCN(Cc1ccccc1)C(=O)CSc1nnc(-c2ccc(OC)cc2)n1C. The second-order valence-electron chi connectivity index (χ2n) is 6.28. The summed E-state index contributed by atoms with van der Waals surface area (Å²) in [6.45, 7) is 3.28. The smallest absolute Gasteiger partial charge is 0.233 e. The number of hydrogen-bond donors (Lipinski definition) is 0. The first kappa shape index (κ1) is 19.9. The number of nitrogens with zero attached hydrogens (tertiary/aromatic N) is 4. The highest BCUT2D eigenvalue weighted by atomic mass is 32.2. The lowest BCUT2D eigenvalue weighted by Crippen LogP contribution is -2.31. The van der Waals surface area contributed by atoms with Crippen LogP contribution in [-0.2, 0) is 18.4 Å². The molecule has 2 aromatic carbocycles. The van der Waals surface area contributed by atoms with E-state index in [4.69, 9.17) is 4.74 Å². The van der Waals surface area contributed by atoms with Crippen molar-refractivity contribution in [1.82, 2.24) is 19.7 Å². The molecule has 0 bridgehead atoms. The number of amides is 1. The fourth-order valence-electron chi connectivity index (χ4n) is 2.83. The van der Waals surface area contributed by atoms with E-state index in [1.165, 1.54) is 11.8 Å². The van der Waals surface area contributed by atoms with E-state index in [0.717, 1.165) is 27.9 Å². The Kier molecular flexibility index (Phi) is 6.71. The first-order valence-corrected chi connectivity index (χ1v) is 10.1. The summed E-state index contributed by atoms with van der Waals surface area (Å²) in [5.74, 6) is 1.97. The van der Waals surface area contributed by atoms with Gasteiger partial charge in [0.15, 0.2) is 11.0 Å². The van der Waals surface area contributed by atoms with E-state index in [2.05, 4.69) is 10.2 Å². The first-order valence-electron chi connectivity index (χ1n) is 9.10. The Morgan fingerprint density at radius 3 is 2.46 bits per heavy atom. The van der Waals surface area contributed by atoms with Crippen LogP contribution in [0.1, 0.15) is 12.5 Å². The monoisotopic (exact) mass is 396 g/mol. The van der Waals surface area contributed by atoms with E-state index in [-0.39, 0.29) is 5.91 Å². The van der Waals surface area contributed by atoms with Crippen LogP contribution >= 0.6 is 11.8 Å². The summed E-state index contributed by atoms with van der Waals surface area (Å²) in [5, 5.41) is 9.25. The van der Waals surface area contributed by atoms with Crippen molar-refractivity contribution in [2.45, 2.75) is 18.6 Å². The summed E-state index contributed by atoms with van der Waals surface area (Å²) in [5.41, 5.74) is 2.08. The van der Waals surface area contributed by atoms with Crippen LogP contribution in [0.15, 0.2) is 59.8 Å². The Labute approximate surface area is 169 Å². The largest absolute Gasteiger partial charge is 0.497 e.